The van der Waals surface area contributed by atoms with Gasteiger partial charge in [0.2, 0.25) is 0 Å². The summed E-state index contributed by atoms with van der Waals surface area (Å²) in [5.41, 5.74) is 3.09. The molecule has 0 spiro atoms. The molecule has 3 rings (SSSR count). The van der Waals surface area contributed by atoms with Gasteiger partial charge in [0.25, 0.3) is 0 Å². The molecule has 0 radical (unpaired) electrons. The first kappa shape index (κ1) is 10.7. The Morgan fingerprint density at radius 3 is 1.89 bits per heavy atom. The van der Waals surface area contributed by atoms with Crippen LogP contribution in [0.3, 0.4) is 0 Å². The van der Waals surface area contributed by atoms with Crippen LogP contribution in [0.5, 0.6) is 0 Å². The maximum absolute atomic E-state index is 4.60. The monoisotopic (exact) mass is 232 g/mol. The van der Waals surface area contributed by atoms with Crippen LogP contribution in [0.2, 0.25) is 0 Å². The molecule has 0 fully saturated rings. The third-order valence-corrected chi connectivity index (χ3v) is 2.76. The molecule has 0 atom stereocenters. The molecule has 0 bridgehead atoms. The molecule has 1 aromatic heterocycles. The van der Waals surface area contributed by atoms with Gasteiger partial charge in [-0.15, -0.1) is 0 Å². The topological polar surface area (TPSA) is 25.8 Å². The fourth-order valence-electron chi connectivity index (χ4n) is 1.85. The summed E-state index contributed by atoms with van der Waals surface area (Å²) >= 11 is 0. The Morgan fingerprint density at radius 1 is 0.611 bits per heavy atom. The maximum atomic E-state index is 4.60. The lowest BCUT2D eigenvalue weighted by molar-refractivity contribution is 1.18. The third kappa shape index (κ3) is 2.13. The van der Waals surface area contributed by atoms with Crippen molar-refractivity contribution in [1.29, 1.82) is 0 Å². The van der Waals surface area contributed by atoms with Gasteiger partial charge in [0.05, 0.1) is 5.69 Å². The van der Waals surface area contributed by atoms with E-state index < -0.39 is 0 Å². The molecule has 0 aliphatic heterocycles. The predicted molar refractivity (Wildman–Crippen MR) is 72.9 cm³/mol. The molecule has 0 aliphatic rings. The Bertz CT molecular complexity index is 579. The zero-order valence-electron chi connectivity index (χ0n) is 9.82. The highest BCUT2D eigenvalue weighted by atomic mass is 14.9. The molecule has 18 heavy (non-hydrogen) atoms. The molecule has 0 N–H and O–H groups in total. The molecule has 0 saturated heterocycles. The van der Waals surface area contributed by atoms with Crippen LogP contribution in [0.15, 0.2) is 72.9 Å². The van der Waals surface area contributed by atoms with Crippen molar-refractivity contribution >= 4 is 0 Å². The molecule has 2 heteroatoms. The van der Waals surface area contributed by atoms with E-state index in [-0.39, 0.29) is 0 Å². The Morgan fingerprint density at radius 2 is 1.22 bits per heavy atom. The molecule has 0 saturated carbocycles. The largest absolute Gasteiger partial charge is 0.237 e. The van der Waals surface area contributed by atoms with Crippen LogP contribution in [0.25, 0.3) is 22.6 Å². The molecule has 0 unspecified atom stereocenters. The minimum Gasteiger partial charge on any atom is -0.237 e. The van der Waals surface area contributed by atoms with Crippen molar-refractivity contribution in [3.05, 3.63) is 72.9 Å². The summed E-state index contributed by atoms with van der Waals surface area (Å²) < 4.78 is 0. The lowest BCUT2D eigenvalue weighted by Crippen LogP contribution is -1.90. The highest BCUT2D eigenvalue weighted by Crippen LogP contribution is 2.20. The summed E-state index contributed by atoms with van der Waals surface area (Å²) in [5, 5.41) is 0. The second kappa shape index (κ2) is 4.80. The van der Waals surface area contributed by atoms with E-state index >= 15 is 0 Å². The van der Waals surface area contributed by atoms with Crippen LogP contribution in [0.1, 0.15) is 0 Å². The molecule has 1 heterocycles. The number of benzene rings is 2. The lowest BCUT2D eigenvalue weighted by atomic mass is 10.1. The zero-order chi connectivity index (χ0) is 12.2. The Balaban J connectivity index is 2.05. The van der Waals surface area contributed by atoms with Crippen molar-refractivity contribution in [2.45, 2.75) is 0 Å². The number of rotatable bonds is 2. The van der Waals surface area contributed by atoms with Crippen LogP contribution in [0, 0.1) is 0 Å². The smallest absolute Gasteiger partial charge is 0.159 e. The molecular formula is C16H12N2. The normalized spacial score (nSPS) is 10.2. The minimum atomic E-state index is 0.761. The predicted octanol–water partition coefficient (Wildman–Crippen LogP) is 3.81. The van der Waals surface area contributed by atoms with Crippen LogP contribution < -0.4 is 0 Å². The van der Waals surface area contributed by atoms with E-state index in [0.29, 0.717) is 0 Å². The molecule has 0 amide bonds. The van der Waals surface area contributed by atoms with Gasteiger partial charge < -0.3 is 0 Å². The Labute approximate surface area is 106 Å². The Hall–Kier alpha value is -2.48. The summed E-state index contributed by atoms with van der Waals surface area (Å²) in [5.74, 6) is 0.761. The molecular weight excluding hydrogens is 220 g/mol. The molecule has 86 valence electrons. The van der Waals surface area contributed by atoms with Crippen molar-refractivity contribution in [3.63, 3.8) is 0 Å². The summed E-state index contributed by atoms with van der Waals surface area (Å²) in [6.07, 6.45) is 1.80. The fraction of sp³-hybridized carbons (Fsp3) is 0. The van der Waals surface area contributed by atoms with Gasteiger partial charge in [0, 0.05) is 17.3 Å². The van der Waals surface area contributed by atoms with Crippen LogP contribution in [-0.2, 0) is 0 Å². The summed E-state index contributed by atoms with van der Waals surface area (Å²) in [6, 6.07) is 22.1. The number of hydrogen-bond acceptors (Lipinski definition) is 2. The first-order chi connectivity index (χ1) is 8.93. The number of hydrogen-bond donors (Lipinski definition) is 0. The quantitative estimate of drug-likeness (QED) is 0.671. The van der Waals surface area contributed by atoms with E-state index in [9.17, 15) is 0 Å². The highest BCUT2D eigenvalue weighted by Gasteiger charge is 2.03. The van der Waals surface area contributed by atoms with Crippen molar-refractivity contribution < 1.29 is 0 Å². The highest BCUT2D eigenvalue weighted by molar-refractivity contribution is 5.63. The first-order valence-electron chi connectivity index (χ1n) is 5.87. The van der Waals surface area contributed by atoms with E-state index in [2.05, 4.69) is 22.1 Å². The van der Waals surface area contributed by atoms with Crippen molar-refractivity contribution in [3.8, 4) is 22.6 Å². The summed E-state index contributed by atoms with van der Waals surface area (Å²) in [7, 11) is 0. The van der Waals surface area contributed by atoms with E-state index in [0.717, 1.165) is 22.6 Å². The van der Waals surface area contributed by atoms with Crippen molar-refractivity contribution in [2.75, 3.05) is 0 Å². The Kier molecular flexibility index (Phi) is 2.84. The van der Waals surface area contributed by atoms with Crippen LogP contribution >= 0.6 is 0 Å². The minimum absolute atomic E-state index is 0.761. The molecule has 0 aliphatic carbocycles. The van der Waals surface area contributed by atoms with Crippen LogP contribution in [-0.4, -0.2) is 9.97 Å². The van der Waals surface area contributed by atoms with E-state index in [1.807, 2.05) is 54.6 Å². The van der Waals surface area contributed by atoms with Gasteiger partial charge >= 0.3 is 0 Å². The number of nitrogens with zero attached hydrogens (tertiary/aromatic N) is 2. The zero-order valence-corrected chi connectivity index (χ0v) is 9.82. The van der Waals surface area contributed by atoms with E-state index in [1.165, 1.54) is 0 Å². The van der Waals surface area contributed by atoms with Gasteiger partial charge in [-0.3, -0.25) is 0 Å². The van der Waals surface area contributed by atoms with Gasteiger partial charge in [0.15, 0.2) is 5.82 Å². The van der Waals surface area contributed by atoms with Gasteiger partial charge in [0.1, 0.15) is 0 Å². The molecule has 3 aromatic rings. The second-order valence-corrected chi connectivity index (χ2v) is 4.00. The molecule has 2 aromatic carbocycles. The fourth-order valence-corrected chi connectivity index (χ4v) is 1.85. The van der Waals surface area contributed by atoms with Gasteiger partial charge in [-0.1, -0.05) is 60.7 Å². The average Bonchev–Trinajstić information content (AvgIpc) is 2.49. The van der Waals surface area contributed by atoms with E-state index in [1.54, 1.807) is 6.20 Å². The lowest BCUT2D eigenvalue weighted by Gasteiger charge is -2.03. The standard InChI is InChI=1S/C16H12N2/c1-3-7-13(8-4-1)15-11-12-17-16(18-15)14-9-5-2-6-10-14/h1-12H. The second-order valence-electron chi connectivity index (χ2n) is 4.00. The summed E-state index contributed by atoms with van der Waals surface area (Å²) in [4.78, 5) is 8.93. The summed E-state index contributed by atoms with van der Waals surface area (Å²) in [6.45, 7) is 0. The van der Waals surface area contributed by atoms with Crippen molar-refractivity contribution in [1.82, 2.24) is 9.97 Å². The number of aromatic nitrogens is 2. The first-order valence-corrected chi connectivity index (χ1v) is 5.87. The maximum Gasteiger partial charge on any atom is 0.159 e. The molecule has 2 nitrogen and oxygen atoms in total. The van der Waals surface area contributed by atoms with Crippen LogP contribution in [0.4, 0.5) is 0 Å². The van der Waals surface area contributed by atoms with Crippen molar-refractivity contribution in [2.24, 2.45) is 0 Å². The van der Waals surface area contributed by atoms with Gasteiger partial charge in [-0.25, -0.2) is 9.97 Å². The SMILES string of the molecule is c1ccc(-c2ccnc(-c3ccccc3)n2)cc1. The average molecular weight is 232 g/mol. The van der Waals surface area contributed by atoms with Gasteiger partial charge in [-0.2, -0.15) is 0 Å². The van der Waals surface area contributed by atoms with Gasteiger partial charge in [-0.05, 0) is 6.07 Å². The third-order valence-electron chi connectivity index (χ3n) is 2.76. The van der Waals surface area contributed by atoms with E-state index in [4.69, 9.17) is 0 Å².